The number of nitro groups is 1. The molecule has 1 aromatic rings. The van der Waals surface area contributed by atoms with Gasteiger partial charge in [-0.3, -0.25) is 19.7 Å². The van der Waals surface area contributed by atoms with Crippen molar-refractivity contribution in [2.75, 3.05) is 19.8 Å². The van der Waals surface area contributed by atoms with Crippen molar-refractivity contribution in [3.8, 4) is 0 Å². The van der Waals surface area contributed by atoms with Crippen molar-refractivity contribution in [1.82, 2.24) is 4.90 Å². The SMILES string of the molecule is CN(C)C(=O)c1ccc([N+](=O)[O-])c(SCC(=O)O)c1. The maximum atomic E-state index is 11.7. The molecule has 0 aliphatic heterocycles. The maximum absolute atomic E-state index is 11.7. The van der Waals surface area contributed by atoms with E-state index in [1.807, 2.05) is 0 Å². The molecule has 0 aromatic heterocycles. The zero-order valence-corrected chi connectivity index (χ0v) is 11.1. The van der Waals surface area contributed by atoms with Gasteiger partial charge in [-0.25, -0.2) is 0 Å². The molecule has 1 rings (SSSR count). The minimum Gasteiger partial charge on any atom is -0.481 e. The van der Waals surface area contributed by atoms with Gasteiger partial charge in [0.15, 0.2) is 0 Å². The van der Waals surface area contributed by atoms with E-state index < -0.39 is 10.9 Å². The highest BCUT2D eigenvalue weighted by Crippen LogP contribution is 2.30. The van der Waals surface area contributed by atoms with Crippen LogP contribution in [0.2, 0.25) is 0 Å². The van der Waals surface area contributed by atoms with Gasteiger partial charge >= 0.3 is 5.97 Å². The lowest BCUT2D eigenvalue weighted by Gasteiger charge is -2.11. The third kappa shape index (κ3) is 3.95. The Hall–Kier alpha value is -2.09. The molecule has 0 aliphatic carbocycles. The minimum absolute atomic E-state index is 0.167. The molecule has 7 nitrogen and oxygen atoms in total. The van der Waals surface area contributed by atoms with Crippen molar-refractivity contribution in [3.05, 3.63) is 33.9 Å². The summed E-state index contributed by atoms with van der Waals surface area (Å²) in [6.45, 7) is 0. The van der Waals surface area contributed by atoms with Crippen LogP contribution in [0.3, 0.4) is 0 Å². The van der Waals surface area contributed by atoms with E-state index in [-0.39, 0.29) is 27.8 Å². The number of hydrogen-bond donors (Lipinski definition) is 1. The van der Waals surface area contributed by atoms with E-state index in [9.17, 15) is 19.7 Å². The van der Waals surface area contributed by atoms with Gasteiger partial charge in [0, 0.05) is 25.7 Å². The van der Waals surface area contributed by atoms with Crippen LogP contribution in [0.25, 0.3) is 0 Å². The second-order valence-corrected chi connectivity index (χ2v) is 4.84. The molecule has 102 valence electrons. The van der Waals surface area contributed by atoms with E-state index >= 15 is 0 Å². The Morgan fingerprint density at radius 3 is 2.53 bits per heavy atom. The Morgan fingerprint density at radius 1 is 1.42 bits per heavy atom. The number of carboxylic acid groups (broad SMARTS) is 1. The van der Waals surface area contributed by atoms with Gasteiger partial charge in [-0.15, -0.1) is 11.8 Å². The van der Waals surface area contributed by atoms with Gasteiger partial charge in [-0.2, -0.15) is 0 Å². The van der Waals surface area contributed by atoms with Crippen molar-refractivity contribution < 1.29 is 19.6 Å². The summed E-state index contributed by atoms with van der Waals surface area (Å²) in [5.74, 6) is -1.68. The number of nitro benzene ring substituents is 1. The molecule has 0 unspecified atom stereocenters. The number of carbonyl (C=O) groups excluding carboxylic acids is 1. The fourth-order valence-corrected chi connectivity index (χ4v) is 2.09. The van der Waals surface area contributed by atoms with E-state index in [4.69, 9.17) is 5.11 Å². The predicted molar refractivity (Wildman–Crippen MR) is 69.5 cm³/mol. The van der Waals surface area contributed by atoms with Gasteiger partial charge in [0.1, 0.15) is 0 Å². The molecule has 0 fully saturated rings. The topological polar surface area (TPSA) is 101 Å². The Morgan fingerprint density at radius 2 is 2.05 bits per heavy atom. The fraction of sp³-hybridized carbons (Fsp3) is 0.273. The first-order valence-corrected chi connectivity index (χ1v) is 6.16. The molecule has 0 bridgehead atoms. The standard InChI is InChI=1S/C11H12N2O5S/c1-12(2)11(16)7-3-4-8(13(17)18)9(5-7)19-6-10(14)15/h3-5H,6H2,1-2H3,(H,14,15). The number of amides is 1. The molecule has 19 heavy (non-hydrogen) atoms. The highest BCUT2D eigenvalue weighted by Gasteiger charge is 2.18. The van der Waals surface area contributed by atoms with Crippen molar-refractivity contribution in [2.24, 2.45) is 0 Å². The summed E-state index contributed by atoms with van der Waals surface area (Å²) in [7, 11) is 3.13. The van der Waals surface area contributed by atoms with Crippen molar-refractivity contribution >= 4 is 29.3 Å². The normalized spacial score (nSPS) is 10.0. The first kappa shape index (κ1) is 15.0. The zero-order chi connectivity index (χ0) is 14.6. The van der Waals surface area contributed by atoms with Crippen molar-refractivity contribution in [2.45, 2.75) is 4.90 Å². The smallest absolute Gasteiger partial charge is 0.313 e. The fourth-order valence-electron chi connectivity index (χ4n) is 1.31. The molecule has 0 heterocycles. The first-order chi connectivity index (χ1) is 8.82. The summed E-state index contributed by atoms with van der Waals surface area (Å²) in [4.78, 5) is 34.0. The molecule has 0 atom stereocenters. The summed E-state index contributed by atoms with van der Waals surface area (Å²) in [5, 5.41) is 19.4. The van der Waals surface area contributed by atoms with Gasteiger partial charge in [-0.1, -0.05) is 0 Å². The number of hydrogen-bond acceptors (Lipinski definition) is 5. The average Bonchev–Trinajstić information content (AvgIpc) is 2.34. The molecule has 1 N–H and O–H groups in total. The summed E-state index contributed by atoms with van der Waals surface area (Å²) < 4.78 is 0. The third-order valence-electron chi connectivity index (χ3n) is 2.16. The van der Waals surface area contributed by atoms with Crippen LogP contribution < -0.4 is 0 Å². The second kappa shape index (κ2) is 6.19. The summed E-state index contributed by atoms with van der Waals surface area (Å²) in [5.41, 5.74) is 0.0741. The predicted octanol–water partition coefficient (Wildman–Crippen LogP) is 1.47. The number of rotatable bonds is 5. The van der Waals surface area contributed by atoms with E-state index in [1.165, 1.54) is 23.1 Å². The Kier molecular flexibility index (Phi) is 4.87. The largest absolute Gasteiger partial charge is 0.481 e. The molecule has 0 saturated heterocycles. The molecule has 0 spiro atoms. The summed E-state index contributed by atoms with van der Waals surface area (Å²) in [6.07, 6.45) is 0. The Labute approximate surface area is 113 Å². The van der Waals surface area contributed by atoms with Crippen LogP contribution in [0.4, 0.5) is 5.69 Å². The van der Waals surface area contributed by atoms with Crippen LogP contribution in [-0.4, -0.2) is 46.7 Å². The minimum atomic E-state index is -1.08. The monoisotopic (exact) mass is 284 g/mol. The average molecular weight is 284 g/mol. The number of aliphatic carboxylic acids is 1. The highest BCUT2D eigenvalue weighted by atomic mass is 32.2. The van der Waals surface area contributed by atoms with Crippen LogP contribution in [-0.2, 0) is 4.79 Å². The molecule has 0 radical (unpaired) electrons. The molecular weight excluding hydrogens is 272 g/mol. The van der Waals surface area contributed by atoms with E-state index in [1.54, 1.807) is 14.1 Å². The number of benzene rings is 1. The van der Waals surface area contributed by atoms with E-state index in [2.05, 4.69) is 0 Å². The van der Waals surface area contributed by atoms with Gasteiger partial charge in [0.2, 0.25) is 0 Å². The van der Waals surface area contributed by atoms with Crippen LogP contribution in [0.5, 0.6) is 0 Å². The molecule has 1 amide bonds. The maximum Gasteiger partial charge on any atom is 0.313 e. The van der Waals surface area contributed by atoms with Crippen LogP contribution >= 0.6 is 11.8 Å². The molecule has 0 saturated carbocycles. The molecule has 0 aliphatic rings. The zero-order valence-electron chi connectivity index (χ0n) is 10.3. The first-order valence-electron chi connectivity index (χ1n) is 5.17. The number of carbonyl (C=O) groups is 2. The van der Waals surface area contributed by atoms with Gasteiger partial charge in [-0.05, 0) is 12.1 Å². The number of nitrogens with zero attached hydrogens (tertiary/aromatic N) is 2. The van der Waals surface area contributed by atoms with Gasteiger partial charge in [0.05, 0.1) is 15.6 Å². The van der Waals surface area contributed by atoms with E-state index in [0.29, 0.717) is 0 Å². The van der Waals surface area contributed by atoms with Crippen molar-refractivity contribution in [1.29, 1.82) is 0 Å². The summed E-state index contributed by atoms with van der Waals surface area (Å²) >= 11 is 0.815. The lowest BCUT2D eigenvalue weighted by Crippen LogP contribution is -2.21. The lowest BCUT2D eigenvalue weighted by atomic mass is 10.2. The van der Waals surface area contributed by atoms with Crippen molar-refractivity contribution in [3.63, 3.8) is 0 Å². The van der Waals surface area contributed by atoms with E-state index in [0.717, 1.165) is 11.8 Å². The van der Waals surface area contributed by atoms with Gasteiger partial charge < -0.3 is 10.0 Å². The molecular formula is C11H12N2O5S. The Bertz CT molecular complexity index is 530. The van der Waals surface area contributed by atoms with Crippen LogP contribution in [0, 0.1) is 10.1 Å². The second-order valence-electron chi connectivity index (χ2n) is 3.82. The number of thioether (sulfide) groups is 1. The molecule has 8 heteroatoms. The van der Waals surface area contributed by atoms with Gasteiger partial charge in [0.25, 0.3) is 11.6 Å². The van der Waals surface area contributed by atoms with Crippen LogP contribution in [0.15, 0.2) is 23.1 Å². The molecule has 1 aromatic carbocycles. The highest BCUT2D eigenvalue weighted by molar-refractivity contribution is 8.00. The van der Waals surface area contributed by atoms with Crippen LogP contribution in [0.1, 0.15) is 10.4 Å². The lowest BCUT2D eigenvalue weighted by molar-refractivity contribution is -0.387. The Balaban J connectivity index is 3.14. The quantitative estimate of drug-likeness (QED) is 0.499. The number of carboxylic acids is 1. The third-order valence-corrected chi connectivity index (χ3v) is 3.19. The summed E-state index contributed by atoms with van der Waals surface area (Å²) in [6, 6.07) is 3.90.